The van der Waals surface area contributed by atoms with Gasteiger partial charge in [0.2, 0.25) is 0 Å². The molecule has 113 valence electrons. The fourth-order valence-electron chi connectivity index (χ4n) is 2.57. The molecule has 0 amide bonds. The van der Waals surface area contributed by atoms with Crippen LogP contribution in [0.3, 0.4) is 0 Å². The van der Waals surface area contributed by atoms with Gasteiger partial charge in [0.15, 0.2) is 0 Å². The van der Waals surface area contributed by atoms with Crippen molar-refractivity contribution in [1.29, 1.82) is 0 Å². The van der Waals surface area contributed by atoms with E-state index in [1.54, 1.807) is 0 Å². The monoisotopic (exact) mass is 497 g/mol. The average Bonchev–Trinajstić information content (AvgIpc) is 2.95. The molecule has 0 heterocycles. The third kappa shape index (κ3) is 4.34. The number of benzene rings is 2. The Morgan fingerprint density at radius 2 is 1.64 bits per heavy atom. The fourth-order valence-corrected chi connectivity index (χ4v) is 2.57. The molecule has 3 heteroatoms. The molecule has 0 unspecified atom stereocenters. The maximum atomic E-state index is 4.96. The van der Waals surface area contributed by atoms with Crippen LogP contribution in [0.25, 0.3) is 17.2 Å². The Morgan fingerprint density at radius 3 is 2.32 bits per heavy atom. The molecule has 0 saturated carbocycles. The van der Waals surface area contributed by atoms with E-state index in [1.165, 1.54) is 27.8 Å². The molecule has 0 nitrogen and oxygen atoms in total. The Morgan fingerprint density at radius 1 is 0.955 bits per heavy atom. The molecule has 0 N–H and O–H groups in total. The molecule has 0 aromatic heterocycles. The van der Waals surface area contributed by atoms with Crippen molar-refractivity contribution >= 4 is 23.2 Å². The molecule has 0 saturated heterocycles. The molecule has 0 spiro atoms. The number of allylic oxidation sites excluding steroid dienone is 1. The van der Waals surface area contributed by atoms with Crippen molar-refractivity contribution in [2.75, 3.05) is 0 Å². The van der Waals surface area contributed by atoms with Crippen molar-refractivity contribution in [2.45, 2.75) is 26.2 Å². The molecule has 0 bridgehead atoms. The van der Waals surface area contributed by atoms with Crippen LogP contribution in [-0.4, -0.2) is 0 Å². The van der Waals surface area contributed by atoms with Crippen LogP contribution in [0, 0.1) is 6.42 Å². The summed E-state index contributed by atoms with van der Waals surface area (Å²) in [6, 6.07) is 15.4. The van der Waals surface area contributed by atoms with Crippen molar-refractivity contribution in [1.82, 2.24) is 0 Å². The summed E-state index contributed by atoms with van der Waals surface area (Å²) in [6.07, 6.45) is 6.50. The van der Waals surface area contributed by atoms with E-state index in [0.717, 1.165) is 0 Å². The number of hydrogen-bond donors (Lipinski definition) is 0. The van der Waals surface area contributed by atoms with Gasteiger partial charge in [-0.05, 0) is 33.2 Å². The second-order valence-electron chi connectivity index (χ2n) is 6.24. The van der Waals surface area contributed by atoms with Gasteiger partial charge in [0.25, 0.3) is 0 Å². The zero-order chi connectivity index (χ0) is 16.2. The van der Waals surface area contributed by atoms with E-state index in [9.17, 15) is 0 Å². The maximum absolute atomic E-state index is 4.96. The van der Waals surface area contributed by atoms with E-state index in [-0.39, 0.29) is 5.41 Å². The van der Waals surface area contributed by atoms with Gasteiger partial charge in [-0.2, -0.15) is 0 Å². The Bertz CT molecular complexity index is 669. The first-order valence-electron chi connectivity index (χ1n) is 7.19. The number of halogens is 2. The van der Waals surface area contributed by atoms with Gasteiger partial charge < -0.3 is 0 Å². The Hall–Kier alpha value is -0.370. The summed E-state index contributed by atoms with van der Waals surface area (Å²) in [5.41, 5.74) is 6.87. The van der Waals surface area contributed by atoms with Crippen LogP contribution >= 0.6 is 17.2 Å². The zero-order valence-corrected chi connectivity index (χ0v) is 18.1. The van der Waals surface area contributed by atoms with Gasteiger partial charge in [-0.1, -0.05) is 75.4 Å². The van der Waals surface area contributed by atoms with Gasteiger partial charge in [0.05, 0.1) is 0 Å². The normalized spacial score (nSPS) is 12.4. The molecule has 22 heavy (non-hydrogen) atoms. The summed E-state index contributed by atoms with van der Waals surface area (Å²) >= 11 is -0.972. The second-order valence-corrected chi connectivity index (χ2v) is 11.4. The molecule has 1 aliphatic rings. The van der Waals surface area contributed by atoms with Crippen LogP contribution in [0.2, 0.25) is 0 Å². The Labute approximate surface area is 152 Å². The van der Waals surface area contributed by atoms with Crippen LogP contribution in [0.15, 0.2) is 48.5 Å². The molecule has 0 atom stereocenters. The first-order chi connectivity index (χ1) is 10.5. The summed E-state index contributed by atoms with van der Waals surface area (Å²) < 4.78 is 0. The van der Waals surface area contributed by atoms with Crippen molar-refractivity contribution in [2.24, 2.45) is 0 Å². The summed E-state index contributed by atoms with van der Waals surface area (Å²) in [7, 11) is 9.92. The van der Waals surface area contributed by atoms with Gasteiger partial charge in [-0.25, -0.2) is 0 Å². The van der Waals surface area contributed by atoms with Crippen molar-refractivity contribution in [3.05, 3.63) is 71.7 Å². The molecule has 1 radical (unpaired) electrons. The number of hydrogen-bond acceptors (Lipinski definition) is 0. The number of rotatable bonds is 1. The fraction of sp³-hybridized carbons (Fsp3) is 0.211. The summed E-state index contributed by atoms with van der Waals surface area (Å²) in [5, 5.41) is 0. The Kier molecular flexibility index (Phi) is 6.49. The predicted octanol–water partition coefficient (Wildman–Crippen LogP) is 6.61. The molecule has 0 aliphatic heterocycles. The Balaban J connectivity index is 0.000000545. The topological polar surface area (TPSA) is 0 Å². The minimum absolute atomic E-state index is 0.190. The standard InChI is InChI=1S/C19H19.2ClH.Hf/c1-19(2,3)16-10-4-9-15(13-16)18-12-6-8-14-7-5-11-17(14)18;;;/h4-13H,1-3H3;2*1H;/q;;;+2/p-2. The molecular formula is C19H19Cl2Hf. The van der Waals surface area contributed by atoms with E-state index in [1.807, 2.05) is 0 Å². The van der Waals surface area contributed by atoms with E-state index in [0.29, 0.717) is 0 Å². The number of fused-ring (bicyclic) bond motifs is 1. The third-order valence-corrected chi connectivity index (χ3v) is 3.72. The van der Waals surface area contributed by atoms with Crippen LogP contribution in [-0.2, 0) is 26.0 Å². The third-order valence-electron chi connectivity index (χ3n) is 3.72. The first-order valence-corrected chi connectivity index (χ1v) is 16.1. The zero-order valence-electron chi connectivity index (χ0n) is 13.0. The van der Waals surface area contributed by atoms with E-state index >= 15 is 0 Å². The van der Waals surface area contributed by atoms with Crippen LogP contribution in [0.4, 0.5) is 0 Å². The SMILES string of the molecule is CC(C)(C)c1cccc(-c2cccc3c2C=C[CH]3)c1.[Cl][Hf][Cl]. The van der Waals surface area contributed by atoms with E-state index in [4.69, 9.17) is 17.2 Å². The summed E-state index contributed by atoms with van der Waals surface area (Å²) in [4.78, 5) is 0. The van der Waals surface area contributed by atoms with Gasteiger partial charge in [0.1, 0.15) is 0 Å². The van der Waals surface area contributed by atoms with E-state index in [2.05, 4.69) is 81.8 Å². The van der Waals surface area contributed by atoms with Gasteiger partial charge >= 0.3 is 37.7 Å². The molecule has 2 aromatic rings. The van der Waals surface area contributed by atoms with Crippen LogP contribution in [0.5, 0.6) is 0 Å². The van der Waals surface area contributed by atoms with Gasteiger partial charge in [-0.15, -0.1) is 0 Å². The molecular weight excluding hydrogens is 478 g/mol. The predicted molar refractivity (Wildman–Crippen MR) is 94.7 cm³/mol. The minimum atomic E-state index is -0.972. The quantitative estimate of drug-likeness (QED) is 0.390. The summed E-state index contributed by atoms with van der Waals surface area (Å²) in [5.74, 6) is 0. The second kappa shape index (κ2) is 7.95. The van der Waals surface area contributed by atoms with Crippen molar-refractivity contribution in [3.8, 4) is 11.1 Å². The van der Waals surface area contributed by atoms with Crippen molar-refractivity contribution < 1.29 is 20.5 Å². The van der Waals surface area contributed by atoms with Gasteiger partial charge in [-0.3, -0.25) is 0 Å². The molecule has 3 rings (SSSR count). The van der Waals surface area contributed by atoms with Gasteiger partial charge in [0, 0.05) is 6.42 Å². The molecule has 1 aliphatic carbocycles. The van der Waals surface area contributed by atoms with Crippen molar-refractivity contribution in [3.63, 3.8) is 0 Å². The first kappa shape index (κ1) is 18.0. The summed E-state index contributed by atoms with van der Waals surface area (Å²) in [6.45, 7) is 6.78. The van der Waals surface area contributed by atoms with E-state index < -0.39 is 20.5 Å². The van der Waals surface area contributed by atoms with Crippen LogP contribution < -0.4 is 0 Å². The molecule has 0 fully saturated rings. The average molecular weight is 497 g/mol. The van der Waals surface area contributed by atoms with Crippen LogP contribution in [0.1, 0.15) is 37.5 Å². The molecule has 2 aromatic carbocycles.